The van der Waals surface area contributed by atoms with E-state index in [1.807, 2.05) is 72.1 Å². The van der Waals surface area contributed by atoms with Gasteiger partial charge >= 0.3 is 0 Å². The molecular weight excluding hydrogens is 533 g/mol. The van der Waals surface area contributed by atoms with Crippen LogP contribution in [0.2, 0.25) is 0 Å². The highest BCUT2D eigenvalue weighted by molar-refractivity contribution is 14.0. The lowest BCUT2D eigenvalue weighted by atomic mass is 10.2. The summed E-state index contributed by atoms with van der Waals surface area (Å²) in [7, 11) is 1.73. The molecule has 3 aromatic heterocycles. The Morgan fingerprint density at radius 2 is 1.79 bits per heavy atom. The highest BCUT2D eigenvalue weighted by atomic mass is 127. The molecule has 0 fully saturated rings. The number of pyridine rings is 2. The molecule has 4 aromatic rings. The van der Waals surface area contributed by atoms with Crippen LogP contribution in [0.25, 0.3) is 5.65 Å². The Kier molecular flexibility index (Phi) is 8.81. The summed E-state index contributed by atoms with van der Waals surface area (Å²) >= 11 is 0. The number of rotatable bonds is 8. The second-order valence-corrected chi connectivity index (χ2v) is 6.83. The molecule has 0 saturated heterocycles. The molecule has 0 saturated carbocycles. The van der Waals surface area contributed by atoms with Gasteiger partial charge in [0.1, 0.15) is 11.5 Å². The summed E-state index contributed by atoms with van der Waals surface area (Å²) in [6, 6.07) is 17.1. The fraction of sp³-hybridized carbons (Fsp3) is 0.217. The molecule has 0 bridgehead atoms. The van der Waals surface area contributed by atoms with Crippen molar-refractivity contribution in [3.8, 4) is 17.4 Å². The molecule has 0 amide bonds. The van der Waals surface area contributed by atoms with Gasteiger partial charge in [-0.05, 0) is 55.0 Å². The van der Waals surface area contributed by atoms with Crippen molar-refractivity contribution in [2.45, 2.75) is 20.0 Å². The molecule has 0 aliphatic heterocycles. The predicted octanol–water partition coefficient (Wildman–Crippen LogP) is 3.80. The van der Waals surface area contributed by atoms with Crippen molar-refractivity contribution >= 4 is 35.6 Å². The van der Waals surface area contributed by atoms with E-state index >= 15 is 0 Å². The zero-order chi connectivity index (χ0) is 22.2. The maximum atomic E-state index is 5.86. The minimum atomic E-state index is 0. The molecule has 0 aliphatic rings. The summed E-state index contributed by atoms with van der Waals surface area (Å²) in [6.07, 6.45) is 3.66. The van der Waals surface area contributed by atoms with E-state index in [9.17, 15) is 0 Å². The van der Waals surface area contributed by atoms with Crippen LogP contribution >= 0.6 is 24.0 Å². The van der Waals surface area contributed by atoms with Crippen molar-refractivity contribution in [2.75, 3.05) is 13.7 Å². The van der Waals surface area contributed by atoms with Crippen LogP contribution in [0, 0.1) is 0 Å². The van der Waals surface area contributed by atoms with Crippen LogP contribution in [0.3, 0.4) is 0 Å². The number of aliphatic imine (C=N–C) groups is 1. The topological polar surface area (TPSA) is 98.0 Å². The van der Waals surface area contributed by atoms with Crippen molar-refractivity contribution in [2.24, 2.45) is 4.99 Å². The van der Waals surface area contributed by atoms with Gasteiger partial charge in [0, 0.05) is 32.1 Å². The molecule has 0 radical (unpaired) electrons. The highest BCUT2D eigenvalue weighted by Gasteiger charge is 2.07. The summed E-state index contributed by atoms with van der Waals surface area (Å²) in [5.41, 5.74) is 1.82. The molecule has 0 unspecified atom stereocenters. The van der Waals surface area contributed by atoms with E-state index in [0.29, 0.717) is 37.3 Å². The van der Waals surface area contributed by atoms with Gasteiger partial charge in [0.15, 0.2) is 17.4 Å². The lowest BCUT2D eigenvalue weighted by Gasteiger charge is -2.12. The monoisotopic (exact) mass is 559 g/mol. The number of nitrogens with zero attached hydrogens (tertiary/aromatic N) is 5. The average Bonchev–Trinajstić information content (AvgIpc) is 3.24. The van der Waals surface area contributed by atoms with Crippen LogP contribution in [0.5, 0.6) is 17.4 Å². The Hall–Kier alpha value is -3.41. The van der Waals surface area contributed by atoms with Crippen LogP contribution in [-0.4, -0.2) is 39.2 Å². The molecule has 0 spiro atoms. The first-order valence-electron chi connectivity index (χ1n) is 10.3. The molecule has 2 N–H and O–H groups in total. The molecule has 172 valence electrons. The van der Waals surface area contributed by atoms with Gasteiger partial charge in [-0.15, -0.1) is 34.2 Å². The SMILES string of the molecule is CCOc1ccc(Oc2cc(CNC(=NC)NCc3nnc4ccccn34)ccn2)cc1.I. The highest BCUT2D eigenvalue weighted by Crippen LogP contribution is 2.23. The van der Waals surface area contributed by atoms with Gasteiger partial charge in [-0.1, -0.05) is 6.07 Å². The van der Waals surface area contributed by atoms with Crippen molar-refractivity contribution < 1.29 is 9.47 Å². The normalized spacial score (nSPS) is 11.0. The van der Waals surface area contributed by atoms with Gasteiger partial charge in [-0.3, -0.25) is 9.39 Å². The van der Waals surface area contributed by atoms with Gasteiger partial charge < -0.3 is 20.1 Å². The van der Waals surface area contributed by atoms with Gasteiger partial charge in [-0.25, -0.2) is 4.98 Å². The fourth-order valence-corrected chi connectivity index (χ4v) is 3.09. The third kappa shape index (κ3) is 6.54. The summed E-state index contributed by atoms with van der Waals surface area (Å²) in [6.45, 7) is 3.63. The number of hydrogen-bond donors (Lipinski definition) is 2. The van der Waals surface area contributed by atoms with E-state index in [0.717, 1.165) is 22.8 Å². The van der Waals surface area contributed by atoms with Crippen LogP contribution in [-0.2, 0) is 13.1 Å². The molecule has 0 aliphatic carbocycles. The maximum Gasteiger partial charge on any atom is 0.219 e. The first-order valence-corrected chi connectivity index (χ1v) is 10.3. The molecule has 1 aromatic carbocycles. The summed E-state index contributed by atoms with van der Waals surface area (Å²) in [4.78, 5) is 8.57. The van der Waals surface area contributed by atoms with Crippen molar-refractivity contribution in [1.82, 2.24) is 30.2 Å². The third-order valence-corrected chi connectivity index (χ3v) is 4.64. The molecule has 4 rings (SSSR count). The van der Waals surface area contributed by atoms with Crippen LogP contribution < -0.4 is 20.1 Å². The zero-order valence-corrected chi connectivity index (χ0v) is 20.8. The van der Waals surface area contributed by atoms with E-state index < -0.39 is 0 Å². The Bertz CT molecular complexity index is 1190. The van der Waals surface area contributed by atoms with E-state index in [-0.39, 0.29) is 24.0 Å². The summed E-state index contributed by atoms with van der Waals surface area (Å²) < 4.78 is 13.3. The van der Waals surface area contributed by atoms with Crippen molar-refractivity contribution in [3.05, 3.63) is 78.4 Å². The molecule has 10 heteroatoms. The average molecular weight is 559 g/mol. The Labute approximate surface area is 209 Å². The number of benzene rings is 1. The van der Waals surface area contributed by atoms with Gasteiger partial charge in [0.05, 0.1) is 13.2 Å². The quantitative estimate of drug-likeness (QED) is 0.193. The fourth-order valence-electron chi connectivity index (χ4n) is 3.09. The van der Waals surface area contributed by atoms with E-state index in [1.54, 1.807) is 13.2 Å². The molecule has 3 heterocycles. The van der Waals surface area contributed by atoms with E-state index in [2.05, 4.69) is 30.8 Å². The first-order chi connectivity index (χ1) is 15.7. The lowest BCUT2D eigenvalue weighted by molar-refractivity contribution is 0.339. The van der Waals surface area contributed by atoms with Gasteiger partial charge in [0.2, 0.25) is 5.88 Å². The number of fused-ring (bicyclic) bond motifs is 1. The third-order valence-electron chi connectivity index (χ3n) is 4.64. The largest absolute Gasteiger partial charge is 0.494 e. The Morgan fingerprint density at radius 3 is 2.58 bits per heavy atom. The Balaban J connectivity index is 0.00000306. The second kappa shape index (κ2) is 12.0. The van der Waals surface area contributed by atoms with Crippen LogP contribution in [0.4, 0.5) is 0 Å². The number of hydrogen-bond acceptors (Lipinski definition) is 6. The molecule has 0 atom stereocenters. The minimum absolute atomic E-state index is 0. The standard InChI is InChI=1S/C23H25N7O2.HI/c1-3-31-18-7-9-19(10-8-18)32-22-14-17(11-12-25-22)15-26-23(24-2)27-16-21-29-28-20-6-4-5-13-30(20)21;/h4-14H,3,15-16H2,1-2H3,(H2,24,26,27);1H. The van der Waals surface area contributed by atoms with Gasteiger partial charge in [-0.2, -0.15) is 0 Å². The summed E-state index contributed by atoms with van der Waals surface area (Å²) in [5, 5.41) is 14.9. The maximum absolute atomic E-state index is 5.86. The number of ether oxygens (including phenoxy) is 2. The molecule has 9 nitrogen and oxygen atoms in total. The lowest BCUT2D eigenvalue weighted by Crippen LogP contribution is -2.36. The molecular formula is C23H26IN7O2. The number of halogens is 1. The van der Waals surface area contributed by atoms with Crippen molar-refractivity contribution in [3.63, 3.8) is 0 Å². The number of nitrogens with one attached hydrogen (secondary N) is 2. The minimum Gasteiger partial charge on any atom is -0.494 e. The zero-order valence-electron chi connectivity index (χ0n) is 18.4. The van der Waals surface area contributed by atoms with Crippen LogP contribution in [0.15, 0.2) is 72.0 Å². The first kappa shape index (κ1) is 24.2. The Morgan fingerprint density at radius 1 is 1.00 bits per heavy atom. The predicted molar refractivity (Wildman–Crippen MR) is 137 cm³/mol. The van der Waals surface area contributed by atoms with Gasteiger partial charge in [0.25, 0.3) is 0 Å². The number of guanidine groups is 1. The second-order valence-electron chi connectivity index (χ2n) is 6.83. The van der Waals surface area contributed by atoms with E-state index in [4.69, 9.17) is 9.47 Å². The van der Waals surface area contributed by atoms with Crippen LogP contribution in [0.1, 0.15) is 18.3 Å². The van der Waals surface area contributed by atoms with E-state index in [1.165, 1.54) is 0 Å². The van der Waals surface area contributed by atoms with Crippen molar-refractivity contribution in [1.29, 1.82) is 0 Å². The molecule has 33 heavy (non-hydrogen) atoms. The smallest absolute Gasteiger partial charge is 0.219 e. The number of aromatic nitrogens is 4. The summed E-state index contributed by atoms with van der Waals surface area (Å²) in [5.74, 6) is 3.49.